The van der Waals surface area contributed by atoms with Gasteiger partial charge in [0.2, 0.25) is 0 Å². The third-order valence-electron chi connectivity index (χ3n) is 2.20. The second kappa shape index (κ2) is 4.36. The number of nitrogens with one attached hydrogen (secondary N) is 3. The molecule has 3 heteroatoms. The fraction of sp³-hybridized carbons (Fsp3) is 0.750. The normalized spacial score (nSPS) is 11.3. The first kappa shape index (κ1) is 10.5. The Bertz CT molecular complexity index is 119. The van der Waals surface area contributed by atoms with Gasteiger partial charge in [0.1, 0.15) is 5.66 Å². The first-order chi connectivity index (χ1) is 5.16. The molecule has 0 rings (SSSR count). The van der Waals surface area contributed by atoms with Crippen LogP contribution in [0.5, 0.6) is 0 Å². The molecule has 0 saturated carbocycles. The van der Waals surface area contributed by atoms with Crippen molar-refractivity contribution in [2.45, 2.75) is 19.0 Å². The summed E-state index contributed by atoms with van der Waals surface area (Å²) in [6.07, 6.45) is 0.958. The van der Waals surface area contributed by atoms with Gasteiger partial charge in [0.25, 0.3) is 0 Å². The number of hydrogen-bond acceptors (Lipinski definition) is 3. The van der Waals surface area contributed by atoms with Gasteiger partial charge in [0.05, 0.1) is 0 Å². The van der Waals surface area contributed by atoms with E-state index in [2.05, 4.69) is 29.5 Å². The molecule has 0 aromatic rings. The number of likely N-dealkylation sites (N-methyl/N-ethyl adjacent to an activating group) is 3. The van der Waals surface area contributed by atoms with Crippen molar-refractivity contribution in [1.82, 2.24) is 16.0 Å². The zero-order chi connectivity index (χ0) is 8.91. The maximum Gasteiger partial charge on any atom is 0.108 e. The molecular formula is C8H19N3. The van der Waals surface area contributed by atoms with Crippen LogP contribution in [-0.4, -0.2) is 26.8 Å². The van der Waals surface area contributed by atoms with E-state index in [4.69, 9.17) is 0 Å². The summed E-state index contributed by atoms with van der Waals surface area (Å²) in [5, 5.41) is 9.42. The van der Waals surface area contributed by atoms with Crippen LogP contribution in [0, 0.1) is 0 Å². The van der Waals surface area contributed by atoms with Crippen LogP contribution in [0.25, 0.3) is 0 Å². The summed E-state index contributed by atoms with van der Waals surface area (Å²) >= 11 is 0. The first-order valence-electron chi connectivity index (χ1n) is 3.91. The summed E-state index contributed by atoms with van der Waals surface area (Å²) in [6, 6.07) is 0. The molecule has 0 radical (unpaired) electrons. The molecular weight excluding hydrogens is 138 g/mol. The highest BCUT2D eigenvalue weighted by atomic mass is 15.2. The molecule has 0 spiro atoms. The van der Waals surface area contributed by atoms with Gasteiger partial charge in [-0.05, 0) is 20.5 Å². The van der Waals surface area contributed by atoms with Gasteiger partial charge >= 0.3 is 0 Å². The molecule has 0 aliphatic heterocycles. The average molecular weight is 157 g/mol. The lowest BCUT2D eigenvalue weighted by molar-refractivity contribution is 0.327. The fourth-order valence-electron chi connectivity index (χ4n) is 1.21. The highest BCUT2D eigenvalue weighted by molar-refractivity contribution is 5.11. The van der Waals surface area contributed by atoms with Crippen LogP contribution in [-0.2, 0) is 0 Å². The van der Waals surface area contributed by atoms with Crippen molar-refractivity contribution in [3.63, 3.8) is 0 Å². The lowest BCUT2D eigenvalue weighted by Crippen LogP contribution is -2.57. The molecule has 0 aliphatic carbocycles. The lowest BCUT2D eigenvalue weighted by Gasteiger charge is -2.34. The van der Waals surface area contributed by atoms with E-state index in [1.165, 1.54) is 0 Å². The first-order valence-corrected chi connectivity index (χ1v) is 3.91. The third-order valence-corrected chi connectivity index (χ3v) is 2.20. The highest BCUT2D eigenvalue weighted by Gasteiger charge is 2.26. The maximum atomic E-state index is 3.92. The molecule has 0 heterocycles. The molecule has 0 aromatic carbocycles. The second-order valence-corrected chi connectivity index (χ2v) is 2.49. The van der Waals surface area contributed by atoms with E-state index in [0.29, 0.717) is 0 Å². The molecule has 3 N–H and O–H groups in total. The Balaban J connectivity index is 4.39. The minimum atomic E-state index is -0.172. The van der Waals surface area contributed by atoms with Crippen LogP contribution in [0.2, 0.25) is 0 Å². The number of rotatable bonds is 5. The minimum Gasteiger partial charge on any atom is -0.389 e. The van der Waals surface area contributed by atoms with E-state index < -0.39 is 0 Å². The van der Waals surface area contributed by atoms with Gasteiger partial charge in [-0.15, -0.1) is 0 Å². The zero-order valence-electron chi connectivity index (χ0n) is 7.91. The molecule has 0 aromatic heterocycles. The topological polar surface area (TPSA) is 36.1 Å². The van der Waals surface area contributed by atoms with Crippen LogP contribution >= 0.6 is 0 Å². The summed E-state index contributed by atoms with van der Waals surface area (Å²) in [4.78, 5) is 0. The van der Waals surface area contributed by atoms with Crippen molar-refractivity contribution in [3.8, 4) is 0 Å². The predicted molar refractivity (Wildman–Crippen MR) is 49.3 cm³/mol. The SMILES string of the molecule is C=C(NC)C(CC)(NC)NC. The largest absolute Gasteiger partial charge is 0.389 e. The fourth-order valence-corrected chi connectivity index (χ4v) is 1.21. The summed E-state index contributed by atoms with van der Waals surface area (Å²) in [5.74, 6) is 0. The van der Waals surface area contributed by atoms with Crippen LogP contribution in [0.1, 0.15) is 13.3 Å². The van der Waals surface area contributed by atoms with E-state index in [0.717, 1.165) is 12.1 Å². The molecule has 0 saturated heterocycles. The Labute approximate surface area is 69.3 Å². The molecule has 11 heavy (non-hydrogen) atoms. The van der Waals surface area contributed by atoms with Crippen LogP contribution in [0.4, 0.5) is 0 Å². The van der Waals surface area contributed by atoms with Gasteiger partial charge in [-0.25, -0.2) is 0 Å². The van der Waals surface area contributed by atoms with E-state index in [9.17, 15) is 0 Å². The van der Waals surface area contributed by atoms with Gasteiger partial charge < -0.3 is 5.32 Å². The maximum absolute atomic E-state index is 3.92. The van der Waals surface area contributed by atoms with Crippen LogP contribution < -0.4 is 16.0 Å². The van der Waals surface area contributed by atoms with Crippen molar-refractivity contribution in [3.05, 3.63) is 12.3 Å². The Morgan fingerprint density at radius 2 is 1.73 bits per heavy atom. The van der Waals surface area contributed by atoms with Gasteiger partial charge in [-0.2, -0.15) is 0 Å². The summed E-state index contributed by atoms with van der Waals surface area (Å²) in [5.41, 5.74) is 0.791. The number of hydrogen-bond donors (Lipinski definition) is 3. The van der Waals surface area contributed by atoms with Crippen LogP contribution in [0.15, 0.2) is 12.3 Å². The van der Waals surface area contributed by atoms with E-state index in [1.807, 2.05) is 21.1 Å². The van der Waals surface area contributed by atoms with Gasteiger partial charge in [0, 0.05) is 12.7 Å². The molecule has 3 nitrogen and oxygen atoms in total. The Morgan fingerprint density at radius 3 is 1.82 bits per heavy atom. The van der Waals surface area contributed by atoms with Gasteiger partial charge in [0.15, 0.2) is 0 Å². The monoisotopic (exact) mass is 157 g/mol. The Hall–Kier alpha value is -0.540. The minimum absolute atomic E-state index is 0.172. The quantitative estimate of drug-likeness (QED) is 0.501. The van der Waals surface area contributed by atoms with Gasteiger partial charge in [-0.1, -0.05) is 13.5 Å². The van der Waals surface area contributed by atoms with Crippen molar-refractivity contribution in [2.75, 3.05) is 21.1 Å². The Morgan fingerprint density at radius 1 is 1.27 bits per heavy atom. The summed E-state index contributed by atoms with van der Waals surface area (Å²) < 4.78 is 0. The van der Waals surface area contributed by atoms with E-state index in [-0.39, 0.29) is 5.66 Å². The average Bonchev–Trinajstić information content (AvgIpc) is 2.08. The molecule has 0 fully saturated rings. The van der Waals surface area contributed by atoms with E-state index >= 15 is 0 Å². The molecule has 0 unspecified atom stereocenters. The summed E-state index contributed by atoms with van der Waals surface area (Å²) in [6.45, 7) is 6.03. The molecule has 0 bridgehead atoms. The second-order valence-electron chi connectivity index (χ2n) is 2.49. The van der Waals surface area contributed by atoms with Crippen molar-refractivity contribution < 1.29 is 0 Å². The molecule has 0 atom stereocenters. The zero-order valence-corrected chi connectivity index (χ0v) is 7.91. The van der Waals surface area contributed by atoms with Crippen molar-refractivity contribution in [2.24, 2.45) is 0 Å². The van der Waals surface area contributed by atoms with Crippen molar-refractivity contribution >= 4 is 0 Å². The van der Waals surface area contributed by atoms with E-state index in [1.54, 1.807) is 0 Å². The smallest absolute Gasteiger partial charge is 0.108 e. The standard InChI is InChI=1S/C8H19N3/c1-6-8(10-4,11-5)7(2)9-3/h9-11H,2,6H2,1,3-5H3. The Kier molecular flexibility index (Phi) is 4.15. The lowest BCUT2D eigenvalue weighted by atomic mass is 10.0. The molecule has 0 aliphatic rings. The van der Waals surface area contributed by atoms with Gasteiger partial charge in [-0.3, -0.25) is 10.6 Å². The molecule has 66 valence electrons. The van der Waals surface area contributed by atoms with Crippen LogP contribution in [0.3, 0.4) is 0 Å². The molecule has 0 amide bonds. The predicted octanol–water partition coefficient (Wildman–Crippen LogP) is 0.265. The van der Waals surface area contributed by atoms with Crippen molar-refractivity contribution in [1.29, 1.82) is 0 Å². The summed E-state index contributed by atoms with van der Waals surface area (Å²) in [7, 11) is 5.71. The highest BCUT2D eigenvalue weighted by Crippen LogP contribution is 2.11. The third kappa shape index (κ3) is 1.94.